The van der Waals surface area contributed by atoms with Crippen LogP contribution in [0.2, 0.25) is 0 Å². The highest BCUT2D eigenvalue weighted by Gasteiger charge is 2.52. The van der Waals surface area contributed by atoms with E-state index in [9.17, 15) is 0 Å². The highest BCUT2D eigenvalue weighted by molar-refractivity contribution is 5.96. The van der Waals surface area contributed by atoms with E-state index in [0.29, 0.717) is 0 Å². The molecule has 4 aliphatic carbocycles. The van der Waals surface area contributed by atoms with Crippen molar-refractivity contribution < 1.29 is 0 Å². The van der Waals surface area contributed by atoms with Gasteiger partial charge in [0.1, 0.15) is 0 Å². The molecule has 0 heterocycles. The van der Waals surface area contributed by atoms with Crippen LogP contribution in [0.3, 0.4) is 0 Å². The third kappa shape index (κ3) is 14.7. The van der Waals surface area contributed by atoms with Gasteiger partial charge in [0.05, 0.1) is 10.8 Å². The van der Waals surface area contributed by atoms with E-state index in [-0.39, 0.29) is 40.5 Å². The molecule has 0 bridgehead atoms. The average Bonchev–Trinajstić information content (AvgIpc) is 4.20. The highest BCUT2D eigenvalue weighted by atomic mass is 14.5. The topological polar surface area (TPSA) is 0 Å². The van der Waals surface area contributed by atoms with Crippen LogP contribution in [0.15, 0.2) is 188 Å². The molecule has 0 aromatic heterocycles. The summed E-state index contributed by atoms with van der Waals surface area (Å²) in [5.74, 6) is 0. The average molecular weight is 1040 g/mol. The third-order valence-corrected chi connectivity index (χ3v) is 12.1. The lowest BCUT2D eigenvalue weighted by molar-refractivity contribution is 0.792. The van der Waals surface area contributed by atoms with Crippen molar-refractivity contribution in [3.05, 3.63) is 238 Å². The molecule has 77 heavy (non-hydrogen) atoms. The third-order valence-electron chi connectivity index (χ3n) is 12.1. The molecule has 0 heteroatoms. The fourth-order valence-corrected chi connectivity index (χ4v) is 10.3. The Morgan fingerprint density at radius 1 is 0.182 bits per heavy atom. The summed E-state index contributed by atoms with van der Waals surface area (Å²) in [6.07, 6.45) is 0. The zero-order valence-electron chi connectivity index (χ0n) is 50.4. The van der Waals surface area contributed by atoms with Crippen LogP contribution in [0.1, 0.15) is 232 Å². The molecule has 2 spiro atoms. The van der Waals surface area contributed by atoms with E-state index < -0.39 is 0 Å². The van der Waals surface area contributed by atoms with Gasteiger partial charge in [-0.05, 0) is 95.9 Å². The quantitative estimate of drug-likeness (QED) is 0.142. The molecule has 0 fully saturated rings. The molecule has 0 aliphatic heterocycles. The first-order valence-corrected chi connectivity index (χ1v) is 29.0. The van der Waals surface area contributed by atoms with Crippen molar-refractivity contribution >= 4 is 0 Å². The summed E-state index contributed by atoms with van der Waals surface area (Å²) >= 11 is 0. The standard InChI is InChI=1S/C26H18.C25H16.11C2H6.4CH4/c1-17-14-15-21-20-10-4-7-13-24(20)26(25(21)16-17)22-11-5-2-8-18(22)19-9-3-6-12-23(19)26;1-5-13-21-17(9-1)18-10-2-6-14-22(18)25(21)23-15-7-3-11-19(23)20-12-4-8-16-24(20)25;11*1-2;;;;/h2-16H,1H3;1-16H;11*1-2H3;4*1H4. The molecule has 0 radical (unpaired) electrons. The van der Waals surface area contributed by atoms with Crippen LogP contribution < -0.4 is 0 Å². The Labute approximate surface area is 479 Å². The first-order valence-electron chi connectivity index (χ1n) is 29.0. The van der Waals surface area contributed by atoms with Gasteiger partial charge in [0.15, 0.2) is 0 Å². The summed E-state index contributed by atoms with van der Waals surface area (Å²) < 4.78 is 0. The Morgan fingerprint density at radius 2 is 0.325 bits per heavy atom. The molecule has 0 atom stereocenters. The SMILES string of the molecule is C.C.C.C.CC.CC.CC.CC.CC.CC.CC.CC.CC.CC.CC.Cc1ccc2c(c1)C1(c3ccccc3-c3ccccc31)c1ccccc1-2.c1ccc2c(c1)-c1ccccc1C21c2ccccc2-c2ccccc21. The van der Waals surface area contributed by atoms with Crippen LogP contribution in [-0.2, 0) is 10.8 Å². The van der Waals surface area contributed by atoms with Gasteiger partial charge in [-0.15, -0.1) is 0 Å². The molecule has 424 valence electrons. The molecule has 0 N–H and O–H groups in total. The first kappa shape index (κ1) is 79.6. The molecule has 12 rings (SSSR count). The Hall–Kier alpha value is -6.24. The van der Waals surface area contributed by atoms with Gasteiger partial charge in [-0.3, -0.25) is 0 Å². The van der Waals surface area contributed by atoms with Crippen molar-refractivity contribution in [2.45, 2.75) is 200 Å². The summed E-state index contributed by atoms with van der Waals surface area (Å²) in [6.45, 7) is 46.2. The minimum atomic E-state index is -0.189. The van der Waals surface area contributed by atoms with Gasteiger partial charge in [0, 0.05) is 0 Å². The molecular formula is C77H116. The minimum absolute atomic E-state index is 0. The Morgan fingerprint density at radius 3 is 0.506 bits per heavy atom. The molecule has 8 aromatic carbocycles. The second-order valence-electron chi connectivity index (χ2n) is 14.4. The molecular weight excluding hydrogens is 925 g/mol. The number of aryl methyl sites for hydroxylation is 1. The minimum Gasteiger partial charge on any atom is -0.0776 e. The maximum atomic E-state index is 2.40. The van der Waals surface area contributed by atoms with Crippen molar-refractivity contribution in [2.24, 2.45) is 0 Å². The number of rotatable bonds is 0. The van der Waals surface area contributed by atoms with Gasteiger partial charge in [-0.1, -0.05) is 376 Å². The molecule has 0 nitrogen and oxygen atoms in total. The predicted molar refractivity (Wildman–Crippen MR) is 362 cm³/mol. The first-order chi connectivity index (χ1) is 36.2. The largest absolute Gasteiger partial charge is 0.0776 e. The van der Waals surface area contributed by atoms with E-state index in [4.69, 9.17) is 0 Å². The zero-order chi connectivity index (χ0) is 55.7. The van der Waals surface area contributed by atoms with Gasteiger partial charge in [0.25, 0.3) is 0 Å². The second kappa shape index (κ2) is 42.8. The van der Waals surface area contributed by atoms with E-state index in [0.717, 1.165) is 0 Å². The van der Waals surface area contributed by atoms with Crippen LogP contribution in [0, 0.1) is 6.92 Å². The van der Waals surface area contributed by atoms with Crippen molar-refractivity contribution in [1.82, 2.24) is 0 Å². The van der Waals surface area contributed by atoms with Crippen LogP contribution in [0.4, 0.5) is 0 Å². The van der Waals surface area contributed by atoms with Crippen LogP contribution in [0.5, 0.6) is 0 Å². The maximum Gasteiger partial charge on any atom is 0.0725 e. The summed E-state index contributed by atoms with van der Waals surface area (Å²) in [5, 5.41) is 0. The van der Waals surface area contributed by atoms with Crippen LogP contribution >= 0.6 is 0 Å². The molecule has 0 unspecified atom stereocenters. The van der Waals surface area contributed by atoms with Gasteiger partial charge in [0.2, 0.25) is 0 Å². The van der Waals surface area contributed by atoms with E-state index in [1.54, 1.807) is 0 Å². The smallest absolute Gasteiger partial charge is 0.0725 e. The monoisotopic (exact) mass is 1040 g/mol. The van der Waals surface area contributed by atoms with Crippen molar-refractivity contribution in [3.8, 4) is 44.5 Å². The molecule has 4 aliphatic rings. The van der Waals surface area contributed by atoms with Crippen molar-refractivity contribution in [1.29, 1.82) is 0 Å². The van der Waals surface area contributed by atoms with Crippen LogP contribution in [-0.4, -0.2) is 0 Å². The Balaban J connectivity index is -0.000000320. The Bertz CT molecular complexity index is 2470. The van der Waals surface area contributed by atoms with Crippen molar-refractivity contribution in [2.75, 3.05) is 0 Å². The number of hydrogen-bond acceptors (Lipinski definition) is 0. The summed E-state index contributed by atoms with van der Waals surface area (Å²) in [6, 6.07) is 69.4. The molecule has 0 amide bonds. The fraction of sp³-hybridized carbons (Fsp3) is 0.377. The van der Waals surface area contributed by atoms with Gasteiger partial charge in [-0.2, -0.15) is 0 Å². The van der Waals surface area contributed by atoms with E-state index >= 15 is 0 Å². The fourth-order valence-electron chi connectivity index (χ4n) is 10.3. The summed E-state index contributed by atoms with van der Waals surface area (Å²) in [5.41, 5.74) is 23.2. The summed E-state index contributed by atoms with van der Waals surface area (Å²) in [4.78, 5) is 0. The van der Waals surface area contributed by atoms with Gasteiger partial charge in [-0.25, -0.2) is 0 Å². The highest BCUT2D eigenvalue weighted by Crippen LogP contribution is 2.64. The normalized spacial score (nSPS) is 10.6. The lowest BCUT2D eigenvalue weighted by Gasteiger charge is -2.30. The lowest BCUT2D eigenvalue weighted by Crippen LogP contribution is -2.25. The predicted octanol–water partition coefficient (Wildman–Crippen LogP) is 26.2. The molecule has 0 saturated heterocycles. The Kier molecular flexibility index (Phi) is 44.3. The van der Waals surface area contributed by atoms with Gasteiger partial charge >= 0.3 is 0 Å². The number of hydrogen-bond donors (Lipinski definition) is 0. The van der Waals surface area contributed by atoms with Crippen LogP contribution in [0.25, 0.3) is 44.5 Å². The maximum absolute atomic E-state index is 2.40. The van der Waals surface area contributed by atoms with E-state index in [2.05, 4.69) is 195 Å². The van der Waals surface area contributed by atoms with E-state index in [1.165, 1.54) is 94.6 Å². The molecule has 8 aromatic rings. The van der Waals surface area contributed by atoms with Crippen molar-refractivity contribution in [3.63, 3.8) is 0 Å². The van der Waals surface area contributed by atoms with Gasteiger partial charge < -0.3 is 0 Å². The molecule has 0 saturated carbocycles. The zero-order valence-corrected chi connectivity index (χ0v) is 50.4. The number of fused-ring (bicyclic) bond motifs is 20. The lowest BCUT2D eigenvalue weighted by atomic mass is 9.70. The second-order valence-corrected chi connectivity index (χ2v) is 14.4. The van der Waals surface area contributed by atoms with E-state index in [1.807, 2.05) is 152 Å². The number of benzene rings is 8. The summed E-state index contributed by atoms with van der Waals surface area (Å²) in [7, 11) is 0.